The molecule has 1 aliphatic rings. The van der Waals surface area contributed by atoms with Crippen LogP contribution in [0.2, 0.25) is 0 Å². The normalized spacial score (nSPS) is 16.8. The van der Waals surface area contributed by atoms with Gasteiger partial charge in [-0.1, -0.05) is 0 Å². The van der Waals surface area contributed by atoms with Gasteiger partial charge >= 0.3 is 0 Å². The number of amides is 2. The van der Waals surface area contributed by atoms with Crippen molar-refractivity contribution in [1.82, 2.24) is 5.32 Å². The van der Waals surface area contributed by atoms with Gasteiger partial charge in [0.25, 0.3) is 5.91 Å². The number of fused-ring (bicyclic) bond motifs is 1. The van der Waals surface area contributed by atoms with Crippen LogP contribution in [0.4, 0.5) is 5.69 Å². The summed E-state index contributed by atoms with van der Waals surface area (Å²) in [5, 5.41) is 5.56. The molecule has 1 unspecified atom stereocenters. The molecular formula is C16H16N2O3S. The highest BCUT2D eigenvalue weighted by atomic mass is 32.2. The largest absolute Gasteiger partial charge is 0.469 e. The van der Waals surface area contributed by atoms with Crippen LogP contribution in [0.3, 0.4) is 0 Å². The topological polar surface area (TPSA) is 71.3 Å². The van der Waals surface area contributed by atoms with Gasteiger partial charge in [-0.05, 0) is 37.3 Å². The zero-order valence-corrected chi connectivity index (χ0v) is 12.9. The Balaban J connectivity index is 1.63. The van der Waals surface area contributed by atoms with Crippen molar-refractivity contribution < 1.29 is 14.0 Å². The fourth-order valence-corrected chi connectivity index (χ4v) is 3.14. The van der Waals surface area contributed by atoms with E-state index < -0.39 is 0 Å². The molecule has 1 aromatic carbocycles. The van der Waals surface area contributed by atoms with Crippen molar-refractivity contribution in [3.05, 3.63) is 47.9 Å². The first-order valence-corrected chi connectivity index (χ1v) is 7.93. The van der Waals surface area contributed by atoms with E-state index in [0.717, 1.165) is 10.7 Å². The second kappa shape index (κ2) is 6.27. The average Bonchev–Trinajstić information content (AvgIpc) is 3.01. The molecule has 0 bridgehead atoms. The van der Waals surface area contributed by atoms with Crippen molar-refractivity contribution >= 4 is 29.3 Å². The van der Waals surface area contributed by atoms with E-state index in [4.69, 9.17) is 4.42 Å². The number of furan rings is 1. The molecule has 22 heavy (non-hydrogen) atoms. The number of benzene rings is 1. The van der Waals surface area contributed by atoms with E-state index in [9.17, 15) is 9.59 Å². The Labute approximate surface area is 132 Å². The lowest BCUT2D eigenvalue weighted by atomic mass is 10.1. The minimum absolute atomic E-state index is 0.0344. The highest BCUT2D eigenvalue weighted by Crippen LogP contribution is 2.35. The molecular weight excluding hydrogens is 300 g/mol. The van der Waals surface area contributed by atoms with E-state index in [0.29, 0.717) is 24.2 Å². The van der Waals surface area contributed by atoms with Crippen molar-refractivity contribution in [2.45, 2.75) is 23.5 Å². The maximum Gasteiger partial charge on any atom is 0.251 e. The molecule has 2 amide bonds. The molecule has 0 aliphatic carbocycles. The van der Waals surface area contributed by atoms with Gasteiger partial charge < -0.3 is 15.1 Å². The Hall–Kier alpha value is -2.21. The van der Waals surface area contributed by atoms with Gasteiger partial charge in [0, 0.05) is 23.4 Å². The van der Waals surface area contributed by atoms with Crippen LogP contribution in [0.1, 0.15) is 23.0 Å². The van der Waals surface area contributed by atoms with Crippen LogP contribution in [-0.4, -0.2) is 23.6 Å². The van der Waals surface area contributed by atoms with Crippen LogP contribution in [0.5, 0.6) is 0 Å². The van der Waals surface area contributed by atoms with Crippen molar-refractivity contribution in [3.63, 3.8) is 0 Å². The van der Waals surface area contributed by atoms with Gasteiger partial charge in [0.1, 0.15) is 5.76 Å². The number of nitrogens with one attached hydrogen (secondary N) is 2. The summed E-state index contributed by atoms with van der Waals surface area (Å²) < 4.78 is 5.22. The van der Waals surface area contributed by atoms with E-state index >= 15 is 0 Å². The summed E-state index contributed by atoms with van der Waals surface area (Å²) in [7, 11) is 0. The Morgan fingerprint density at radius 2 is 2.27 bits per heavy atom. The second-order valence-corrected chi connectivity index (χ2v) is 6.43. The molecule has 0 fully saturated rings. The van der Waals surface area contributed by atoms with Gasteiger partial charge in [0.05, 0.1) is 17.2 Å². The lowest BCUT2D eigenvalue weighted by molar-refractivity contribution is -0.115. The standard InChI is InChI=1S/C16H16N2O3S/c1-10-15(19)18-13-9-11(4-5-14(13)22-10)16(20)17-7-6-12-3-2-8-21-12/h2-5,8-10H,6-7H2,1H3,(H,17,20)(H,18,19). The first-order chi connectivity index (χ1) is 10.6. The minimum Gasteiger partial charge on any atom is -0.469 e. The molecule has 114 valence electrons. The maximum atomic E-state index is 12.1. The highest BCUT2D eigenvalue weighted by molar-refractivity contribution is 8.00. The molecule has 2 heterocycles. The van der Waals surface area contributed by atoms with E-state index in [-0.39, 0.29) is 17.1 Å². The highest BCUT2D eigenvalue weighted by Gasteiger charge is 2.23. The van der Waals surface area contributed by atoms with Gasteiger partial charge in [-0.25, -0.2) is 0 Å². The number of anilines is 1. The third-order valence-corrected chi connectivity index (χ3v) is 4.59. The first kappa shape index (κ1) is 14.7. The van der Waals surface area contributed by atoms with Crippen LogP contribution < -0.4 is 10.6 Å². The van der Waals surface area contributed by atoms with Crippen molar-refractivity contribution in [2.75, 3.05) is 11.9 Å². The summed E-state index contributed by atoms with van der Waals surface area (Å²) in [6.45, 7) is 2.36. The Morgan fingerprint density at radius 3 is 3.05 bits per heavy atom. The van der Waals surface area contributed by atoms with Gasteiger partial charge in [-0.3, -0.25) is 9.59 Å². The second-order valence-electron chi connectivity index (χ2n) is 5.05. The maximum absolute atomic E-state index is 12.1. The summed E-state index contributed by atoms with van der Waals surface area (Å²) in [4.78, 5) is 24.8. The van der Waals surface area contributed by atoms with Gasteiger partial charge in [-0.15, -0.1) is 11.8 Å². The third-order valence-electron chi connectivity index (χ3n) is 3.41. The zero-order chi connectivity index (χ0) is 15.5. The number of hydrogen-bond acceptors (Lipinski definition) is 4. The van der Waals surface area contributed by atoms with Crippen molar-refractivity contribution in [3.8, 4) is 0 Å². The number of rotatable bonds is 4. The first-order valence-electron chi connectivity index (χ1n) is 7.05. The summed E-state index contributed by atoms with van der Waals surface area (Å²) in [5.41, 5.74) is 1.24. The molecule has 0 spiro atoms. The van der Waals surface area contributed by atoms with E-state index in [1.54, 1.807) is 18.4 Å². The molecule has 1 aliphatic heterocycles. The molecule has 6 heteroatoms. The van der Waals surface area contributed by atoms with Crippen LogP contribution in [0.25, 0.3) is 0 Å². The molecule has 3 rings (SSSR count). The summed E-state index contributed by atoms with van der Waals surface area (Å²) in [6.07, 6.45) is 2.26. The van der Waals surface area contributed by atoms with Crippen LogP contribution in [-0.2, 0) is 11.2 Å². The fourth-order valence-electron chi connectivity index (χ4n) is 2.21. The van der Waals surface area contributed by atoms with Crippen LogP contribution in [0, 0.1) is 0 Å². The third kappa shape index (κ3) is 3.17. The van der Waals surface area contributed by atoms with E-state index in [1.165, 1.54) is 11.8 Å². The van der Waals surface area contributed by atoms with Crippen molar-refractivity contribution in [1.29, 1.82) is 0 Å². The number of carbonyl (C=O) groups excluding carboxylic acids is 2. The smallest absolute Gasteiger partial charge is 0.251 e. The molecule has 1 aromatic heterocycles. The summed E-state index contributed by atoms with van der Waals surface area (Å²) >= 11 is 1.50. The predicted molar refractivity (Wildman–Crippen MR) is 85.1 cm³/mol. The Kier molecular flexibility index (Phi) is 4.20. The molecule has 2 N–H and O–H groups in total. The number of carbonyl (C=O) groups is 2. The molecule has 0 saturated carbocycles. The van der Waals surface area contributed by atoms with Gasteiger partial charge in [-0.2, -0.15) is 0 Å². The minimum atomic E-state index is -0.160. The predicted octanol–water partition coefficient (Wildman–Crippen LogP) is 2.68. The van der Waals surface area contributed by atoms with E-state index in [1.807, 2.05) is 25.1 Å². The summed E-state index contributed by atoms with van der Waals surface area (Å²) in [6, 6.07) is 9.06. The van der Waals surface area contributed by atoms with Gasteiger partial charge in [0.2, 0.25) is 5.91 Å². The zero-order valence-electron chi connectivity index (χ0n) is 12.1. The molecule has 0 saturated heterocycles. The number of hydrogen-bond donors (Lipinski definition) is 2. The lowest BCUT2D eigenvalue weighted by Gasteiger charge is -2.21. The summed E-state index contributed by atoms with van der Waals surface area (Å²) in [5.74, 6) is 0.642. The van der Waals surface area contributed by atoms with Gasteiger partial charge in [0.15, 0.2) is 0 Å². The van der Waals surface area contributed by atoms with Crippen LogP contribution >= 0.6 is 11.8 Å². The molecule has 0 radical (unpaired) electrons. The van der Waals surface area contributed by atoms with Crippen LogP contribution in [0.15, 0.2) is 45.9 Å². The quantitative estimate of drug-likeness (QED) is 0.910. The van der Waals surface area contributed by atoms with Crippen molar-refractivity contribution in [2.24, 2.45) is 0 Å². The SMILES string of the molecule is CC1Sc2ccc(C(=O)NCCc3ccco3)cc2NC1=O. The fraction of sp³-hybridized carbons (Fsp3) is 0.250. The Morgan fingerprint density at radius 1 is 1.41 bits per heavy atom. The van der Waals surface area contributed by atoms with E-state index in [2.05, 4.69) is 10.6 Å². The lowest BCUT2D eigenvalue weighted by Crippen LogP contribution is -2.28. The monoisotopic (exact) mass is 316 g/mol. The Bertz CT molecular complexity index is 697. The average molecular weight is 316 g/mol. The molecule has 5 nitrogen and oxygen atoms in total. The molecule has 1 atom stereocenters. The molecule has 2 aromatic rings. The number of thioether (sulfide) groups is 1.